The molecule has 1 aliphatic rings. The number of amides is 1. The second kappa shape index (κ2) is 9.91. The van der Waals surface area contributed by atoms with Crippen molar-refractivity contribution < 1.29 is 4.79 Å². The minimum atomic E-state index is 0. The fourth-order valence-electron chi connectivity index (χ4n) is 3.21. The lowest BCUT2D eigenvalue weighted by Gasteiger charge is -2.38. The number of likely N-dealkylation sites (tertiary alicyclic amines) is 1. The van der Waals surface area contributed by atoms with Gasteiger partial charge in [0, 0.05) is 25.7 Å². The van der Waals surface area contributed by atoms with Gasteiger partial charge in [-0.05, 0) is 37.8 Å². The van der Waals surface area contributed by atoms with E-state index >= 15 is 0 Å². The topological polar surface area (TPSA) is 49.6 Å². The molecule has 1 aromatic carbocycles. The Morgan fingerprint density at radius 2 is 2.04 bits per heavy atom. The molecule has 1 aromatic rings. The lowest BCUT2D eigenvalue weighted by Crippen LogP contribution is -2.50. The van der Waals surface area contributed by atoms with Gasteiger partial charge in [0.1, 0.15) is 0 Å². The van der Waals surface area contributed by atoms with E-state index < -0.39 is 0 Å². The summed E-state index contributed by atoms with van der Waals surface area (Å²) in [6.45, 7) is 7.86. The van der Waals surface area contributed by atoms with Crippen molar-refractivity contribution in [2.24, 2.45) is 11.7 Å². The van der Waals surface area contributed by atoms with Gasteiger partial charge in [-0.3, -0.25) is 9.69 Å². The molecule has 1 fully saturated rings. The molecule has 130 valence electrons. The Morgan fingerprint density at radius 3 is 2.65 bits per heavy atom. The van der Waals surface area contributed by atoms with Crippen LogP contribution >= 0.6 is 12.4 Å². The number of likely N-dealkylation sites (N-methyl/N-ethyl adjacent to an activating group) is 1. The highest BCUT2D eigenvalue weighted by molar-refractivity contribution is 5.85. The maximum Gasteiger partial charge on any atom is 0.237 e. The summed E-state index contributed by atoms with van der Waals surface area (Å²) < 4.78 is 0. The van der Waals surface area contributed by atoms with Crippen LogP contribution in [0, 0.1) is 5.92 Å². The van der Waals surface area contributed by atoms with Crippen LogP contribution in [-0.2, 0) is 11.3 Å². The number of benzene rings is 1. The summed E-state index contributed by atoms with van der Waals surface area (Å²) in [4.78, 5) is 16.8. The third kappa shape index (κ3) is 5.79. The molecule has 0 aliphatic carbocycles. The highest BCUT2D eigenvalue weighted by atomic mass is 35.5. The molecule has 0 bridgehead atoms. The van der Waals surface area contributed by atoms with E-state index in [-0.39, 0.29) is 18.3 Å². The number of carbonyl (C=O) groups is 1. The van der Waals surface area contributed by atoms with E-state index in [0.29, 0.717) is 31.6 Å². The monoisotopic (exact) mass is 339 g/mol. The van der Waals surface area contributed by atoms with Crippen LogP contribution in [0.15, 0.2) is 30.3 Å². The highest BCUT2D eigenvalue weighted by Gasteiger charge is 2.27. The molecule has 2 N–H and O–H groups in total. The van der Waals surface area contributed by atoms with Gasteiger partial charge in [0.25, 0.3) is 0 Å². The summed E-state index contributed by atoms with van der Waals surface area (Å²) in [5.74, 6) is 0.922. The smallest absolute Gasteiger partial charge is 0.237 e. The summed E-state index contributed by atoms with van der Waals surface area (Å²) in [7, 11) is 0. The molecule has 0 aromatic heterocycles. The van der Waals surface area contributed by atoms with Gasteiger partial charge >= 0.3 is 0 Å². The van der Waals surface area contributed by atoms with Crippen molar-refractivity contribution >= 4 is 18.3 Å². The van der Waals surface area contributed by atoms with Crippen LogP contribution in [0.3, 0.4) is 0 Å². The van der Waals surface area contributed by atoms with E-state index in [1.807, 2.05) is 30.0 Å². The molecule has 1 amide bonds. The molecule has 0 radical (unpaired) electrons. The number of piperidine rings is 1. The third-order valence-electron chi connectivity index (χ3n) is 4.66. The molecule has 0 saturated carbocycles. The number of nitrogens with two attached hydrogens (primary N) is 1. The largest absolute Gasteiger partial charge is 0.338 e. The third-order valence-corrected chi connectivity index (χ3v) is 4.66. The number of nitrogens with zero attached hydrogens (tertiary/aromatic N) is 2. The number of hydrogen-bond donors (Lipinski definition) is 1. The Hall–Kier alpha value is -1.10. The van der Waals surface area contributed by atoms with E-state index in [0.717, 1.165) is 25.9 Å². The van der Waals surface area contributed by atoms with Crippen molar-refractivity contribution in [2.45, 2.75) is 39.3 Å². The summed E-state index contributed by atoms with van der Waals surface area (Å²) in [5.41, 5.74) is 7.08. The minimum absolute atomic E-state index is 0. The lowest BCUT2D eigenvalue weighted by atomic mass is 9.92. The van der Waals surface area contributed by atoms with Crippen molar-refractivity contribution in [2.75, 3.05) is 26.2 Å². The van der Waals surface area contributed by atoms with E-state index in [1.165, 1.54) is 5.56 Å². The zero-order valence-corrected chi connectivity index (χ0v) is 15.1. The summed E-state index contributed by atoms with van der Waals surface area (Å²) in [5, 5.41) is 0. The van der Waals surface area contributed by atoms with Gasteiger partial charge < -0.3 is 10.6 Å². The average Bonchev–Trinajstić information content (AvgIpc) is 2.55. The van der Waals surface area contributed by atoms with Crippen molar-refractivity contribution in [1.29, 1.82) is 0 Å². The SMILES string of the molecule is CCN(Cc1ccccc1)C(=O)CN1CCC(C)CC1CN.Cl. The Morgan fingerprint density at radius 1 is 1.35 bits per heavy atom. The van der Waals surface area contributed by atoms with Gasteiger partial charge in [0.05, 0.1) is 6.54 Å². The Kier molecular flexibility index (Phi) is 8.59. The van der Waals surface area contributed by atoms with E-state index in [2.05, 4.69) is 24.0 Å². The van der Waals surface area contributed by atoms with Crippen molar-refractivity contribution in [1.82, 2.24) is 9.80 Å². The first kappa shape index (κ1) is 19.9. The molecule has 0 spiro atoms. The van der Waals surface area contributed by atoms with Crippen LogP contribution in [0.5, 0.6) is 0 Å². The molecule has 2 unspecified atom stereocenters. The Bertz CT molecular complexity index is 469. The molecule has 1 aliphatic heterocycles. The van der Waals surface area contributed by atoms with Gasteiger partial charge in [-0.1, -0.05) is 37.3 Å². The molecule has 5 heteroatoms. The fourth-order valence-corrected chi connectivity index (χ4v) is 3.21. The van der Waals surface area contributed by atoms with Crippen molar-refractivity contribution in [3.05, 3.63) is 35.9 Å². The zero-order valence-electron chi connectivity index (χ0n) is 14.3. The van der Waals surface area contributed by atoms with E-state index in [9.17, 15) is 4.79 Å². The Labute approximate surface area is 146 Å². The van der Waals surface area contributed by atoms with Crippen LogP contribution < -0.4 is 5.73 Å². The first-order chi connectivity index (χ1) is 10.6. The van der Waals surface area contributed by atoms with Crippen molar-refractivity contribution in [3.63, 3.8) is 0 Å². The quantitative estimate of drug-likeness (QED) is 0.866. The predicted molar refractivity (Wildman–Crippen MR) is 97.6 cm³/mol. The second-order valence-corrected chi connectivity index (χ2v) is 6.38. The van der Waals surface area contributed by atoms with Crippen LogP contribution in [0.1, 0.15) is 32.3 Å². The normalized spacial score (nSPS) is 21.5. The van der Waals surface area contributed by atoms with Crippen LogP contribution in [0.2, 0.25) is 0 Å². The predicted octanol–water partition coefficient (Wildman–Crippen LogP) is 2.52. The molecule has 1 saturated heterocycles. The van der Waals surface area contributed by atoms with Gasteiger partial charge in [0.15, 0.2) is 0 Å². The van der Waals surface area contributed by atoms with E-state index in [1.54, 1.807) is 0 Å². The van der Waals surface area contributed by atoms with Crippen LogP contribution in [0.25, 0.3) is 0 Å². The van der Waals surface area contributed by atoms with Crippen LogP contribution in [0.4, 0.5) is 0 Å². The maximum absolute atomic E-state index is 12.6. The molecule has 2 atom stereocenters. The fraction of sp³-hybridized carbons (Fsp3) is 0.611. The summed E-state index contributed by atoms with van der Waals surface area (Å²) in [6.07, 6.45) is 2.27. The van der Waals surface area contributed by atoms with Crippen LogP contribution in [-0.4, -0.2) is 47.9 Å². The number of carbonyl (C=O) groups excluding carboxylic acids is 1. The first-order valence-corrected chi connectivity index (χ1v) is 8.39. The van der Waals surface area contributed by atoms with Gasteiger partial charge in [0.2, 0.25) is 5.91 Å². The lowest BCUT2D eigenvalue weighted by molar-refractivity contribution is -0.134. The van der Waals surface area contributed by atoms with Gasteiger partial charge in [-0.25, -0.2) is 0 Å². The number of hydrogen-bond acceptors (Lipinski definition) is 3. The van der Waals surface area contributed by atoms with Gasteiger partial charge in [-0.2, -0.15) is 0 Å². The summed E-state index contributed by atoms with van der Waals surface area (Å²) >= 11 is 0. The Balaban J connectivity index is 0.00000264. The summed E-state index contributed by atoms with van der Waals surface area (Å²) in [6, 6.07) is 10.5. The standard InChI is InChI=1S/C18H29N3O.ClH/c1-3-20(13-16-7-5-4-6-8-16)18(22)14-21-10-9-15(2)11-17(21)12-19;/h4-8,15,17H,3,9-14,19H2,1-2H3;1H. The van der Waals surface area contributed by atoms with E-state index in [4.69, 9.17) is 5.73 Å². The average molecular weight is 340 g/mol. The molecule has 4 nitrogen and oxygen atoms in total. The molecular weight excluding hydrogens is 310 g/mol. The molecule has 1 heterocycles. The molecule has 23 heavy (non-hydrogen) atoms. The maximum atomic E-state index is 12.6. The molecular formula is C18H30ClN3O. The first-order valence-electron chi connectivity index (χ1n) is 8.39. The molecule has 2 rings (SSSR count). The van der Waals surface area contributed by atoms with Gasteiger partial charge in [-0.15, -0.1) is 12.4 Å². The zero-order chi connectivity index (χ0) is 15.9. The number of rotatable bonds is 6. The highest BCUT2D eigenvalue weighted by Crippen LogP contribution is 2.21. The second-order valence-electron chi connectivity index (χ2n) is 6.38. The minimum Gasteiger partial charge on any atom is -0.338 e. The number of halogens is 1. The van der Waals surface area contributed by atoms with Crippen molar-refractivity contribution in [3.8, 4) is 0 Å².